The molecule has 0 atom stereocenters. The van der Waals surface area contributed by atoms with Crippen molar-refractivity contribution in [1.82, 2.24) is 0 Å². The minimum Gasteiger partial charge on any atom is -0.483 e. The van der Waals surface area contributed by atoms with Crippen molar-refractivity contribution in [2.45, 2.75) is 13.3 Å². The number of hydrogen-bond acceptors (Lipinski definition) is 3. The third-order valence-corrected chi connectivity index (χ3v) is 2.07. The summed E-state index contributed by atoms with van der Waals surface area (Å²) >= 11 is 0. The Labute approximate surface area is 77.2 Å². The molecule has 1 aliphatic rings. The van der Waals surface area contributed by atoms with Crippen LogP contribution in [0.5, 0.6) is 5.75 Å². The van der Waals surface area contributed by atoms with Gasteiger partial charge in [0.15, 0.2) is 0 Å². The summed E-state index contributed by atoms with van der Waals surface area (Å²) in [5.74, 6) is 1.37. The van der Waals surface area contributed by atoms with E-state index in [-0.39, 0.29) is 0 Å². The van der Waals surface area contributed by atoms with Crippen molar-refractivity contribution >= 4 is 11.5 Å². The van der Waals surface area contributed by atoms with Gasteiger partial charge in [-0.3, -0.25) is 0 Å². The van der Waals surface area contributed by atoms with Gasteiger partial charge in [0.2, 0.25) is 0 Å². The van der Waals surface area contributed by atoms with E-state index in [2.05, 4.69) is 18.0 Å². The zero-order valence-electron chi connectivity index (χ0n) is 7.58. The van der Waals surface area contributed by atoms with Crippen LogP contribution < -0.4 is 10.5 Å². The summed E-state index contributed by atoms with van der Waals surface area (Å²) in [7, 11) is 0. The summed E-state index contributed by atoms with van der Waals surface area (Å²) in [6.07, 6.45) is 1.00. The maximum absolute atomic E-state index is 5.57. The van der Waals surface area contributed by atoms with Crippen LogP contribution in [0.15, 0.2) is 23.2 Å². The summed E-state index contributed by atoms with van der Waals surface area (Å²) in [5.41, 5.74) is 7.67. The van der Waals surface area contributed by atoms with Gasteiger partial charge in [-0.1, -0.05) is 13.0 Å². The molecule has 0 aliphatic carbocycles. The van der Waals surface area contributed by atoms with Crippen LogP contribution >= 0.6 is 0 Å². The van der Waals surface area contributed by atoms with Gasteiger partial charge < -0.3 is 10.5 Å². The largest absolute Gasteiger partial charge is 0.483 e. The zero-order chi connectivity index (χ0) is 9.26. The molecular weight excluding hydrogens is 164 g/mol. The first-order valence-corrected chi connectivity index (χ1v) is 4.38. The number of aryl methyl sites for hydroxylation is 1. The van der Waals surface area contributed by atoms with Gasteiger partial charge in [-0.2, -0.15) is 0 Å². The molecule has 0 saturated carbocycles. The van der Waals surface area contributed by atoms with Crippen LogP contribution in [0.1, 0.15) is 12.5 Å². The van der Waals surface area contributed by atoms with Crippen LogP contribution in [0.25, 0.3) is 0 Å². The van der Waals surface area contributed by atoms with Gasteiger partial charge in [-0.05, 0) is 24.1 Å². The third kappa shape index (κ3) is 1.49. The number of rotatable bonds is 1. The van der Waals surface area contributed by atoms with Crippen LogP contribution in [0.2, 0.25) is 0 Å². The second kappa shape index (κ2) is 3.09. The highest BCUT2D eigenvalue weighted by molar-refractivity contribution is 5.87. The van der Waals surface area contributed by atoms with Crippen LogP contribution in [0, 0.1) is 0 Å². The third-order valence-electron chi connectivity index (χ3n) is 2.07. The fourth-order valence-corrected chi connectivity index (χ4v) is 1.33. The molecule has 0 aromatic heterocycles. The van der Waals surface area contributed by atoms with Crippen molar-refractivity contribution in [2.75, 3.05) is 6.61 Å². The molecule has 68 valence electrons. The standard InChI is InChI=1S/C10H12N2O/c1-2-7-3-4-9-8(5-7)12-10(11)6-13-9/h3-5H,2,6H2,1H3,(H2,11,12). The van der Waals surface area contributed by atoms with E-state index in [9.17, 15) is 0 Å². The number of benzene rings is 1. The van der Waals surface area contributed by atoms with Crippen molar-refractivity contribution in [2.24, 2.45) is 10.7 Å². The Morgan fingerprint density at radius 2 is 2.38 bits per heavy atom. The number of hydrogen-bond donors (Lipinski definition) is 1. The molecule has 1 aromatic rings. The minimum absolute atomic E-state index is 0.401. The molecule has 1 aromatic carbocycles. The average Bonchev–Trinajstić information content (AvgIpc) is 2.16. The van der Waals surface area contributed by atoms with Crippen LogP contribution in [0.4, 0.5) is 5.69 Å². The van der Waals surface area contributed by atoms with Gasteiger partial charge in [-0.15, -0.1) is 0 Å². The maximum Gasteiger partial charge on any atom is 0.145 e. The summed E-state index contributed by atoms with van der Waals surface area (Å²) in [5, 5.41) is 0. The highest BCUT2D eigenvalue weighted by Crippen LogP contribution is 2.30. The topological polar surface area (TPSA) is 47.6 Å². The normalized spacial score (nSPS) is 14.4. The van der Waals surface area contributed by atoms with Crippen molar-refractivity contribution in [1.29, 1.82) is 0 Å². The SMILES string of the molecule is CCc1ccc2c(c1)N=C(N)CO2. The highest BCUT2D eigenvalue weighted by atomic mass is 16.5. The lowest BCUT2D eigenvalue weighted by Gasteiger charge is -2.14. The van der Waals surface area contributed by atoms with Gasteiger partial charge in [0.25, 0.3) is 0 Å². The molecule has 3 nitrogen and oxygen atoms in total. The first kappa shape index (κ1) is 8.10. The Bertz CT molecular complexity index is 358. The van der Waals surface area contributed by atoms with Gasteiger partial charge in [-0.25, -0.2) is 4.99 Å². The van der Waals surface area contributed by atoms with E-state index in [0.717, 1.165) is 17.9 Å². The van der Waals surface area contributed by atoms with Crippen LogP contribution in [-0.2, 0) is 6.42 Å². The van der Waals surface area contributed by atoms with Gasteiger partial charge in [0, 0.05) is 0 Å². The van der Waals surface area contributed by atoms with Crippen molar-refractivity contribution in [3.8, 4) is 5.75 Å². The number of amidine groups is 1. The number of aliphatic imine (C=N–C) groups is 1. The first-order chi connectivity index (χ1) is 6.29. The summed E-state index contributed by atoms with van der Waals surface area (Å²) in [6.45, 7) is 2.51. The van der Waals surface area contributed by atoms with Gasteiger partial charge in [0.1, 0.15) is 23.9 Å². The molecule has 0 unspecified atom stereocenters. The molecule has 0 spiro atoms. The zero-order valence-corrected chi connectivity index (χ0v) is 7.58. The Kier molecular flexibility index (Phi) is 1.93. The van der Waals surface area contributed by atoms with Crippen molar-refractivity contribution in [3.63, 3.8) is 0 Å². The molecule has 0 bridgehead atoms. The number of ether oxygens (including phenoxy) is 1. The molecule has 0 amide bonds. The molecule has 2 rings (SSSR count). The predicted octanol–water partition coefficient (Wildman–Crippen LogP) is 1.63. The average molecular weight is 176 g/mol. The Morgan fingerprint density at radius 3 is 3.15 bits per heavy atom. The maximum atomic E-state index is 5.57. The van der Waals surface area contributed by atoms with Crippen LogP contribution in [-0.4, -0.2) is 12.4 Å². The van der Waals surface area contributed by atoms with E-state index < -0.39 is 0 Å². The summed E-state index contributed by atoms with van der Waals surface area (Å²) in [6, 6.07) is 6.02. The molecule has 13 heavy (non-hydrogen) atoms. The molecule has 3 heteroatoms. The second-order valence-corrected chi connectivity index (χ2v) is 3.05. The Morgan fingerprint density at radius 1 is 1.54 bits per heavy atom. The Balaban J connectivity index is 2.45. The van der Waals surface area contributed by atoms with E-state index >= 15 is 0 Å². The predicted molar refractivity (Wildman–Crippen MR) is 52.6 cm³/mol. The lowest BCUT2D eigenvalue weighted by molar-refractivity contribution is 0.371. The highest BCUT2D eigenvalue weighted by Gasteiger charge is 2.10. The number of nitrogens with zero attached hydrogens (tertiary/aromatic N) is 1. The van der Waals surface area contributed by atoms with Crippen molar-refractivity contribution < 1.29 is 4.74 Å². The van der Waals surface area contributed by atoms with Gasteiger partial charge in [0.05, 0.1) is 0 Å². The second-order valence-electron chi connectivity index (χ2n) is 3.05. The molecule has 1 aliphatic heterocycles. The number of nitrogens with two attached hydrogens (primary N) is 1. The fourth-order valence-electron chi connectivity index (χ4n) is 1.33. The monoisotopic (exact) mass is 176 g/mol. The van der Waals surface area contributed by atoms with Crippen LogP contribution in [0.3, 0.4) is 0 Å². The molecule has 1 heterocycles. The lowest BCUT2D eigenvalue weighted by atomic mass is 10.1. The van der Waals surface area contributed by atoms with E-state index in [4.69, 9.17) is 10.5 Å². The molecular formula is C10H12N2O. The molecule has 0 fully saturated rings. The van der Waals surface area contributed by atoms with Gasteiger partial charge >= 0.3 is 0 Å². The summed E-state index contributed by atoms with van der Waals surface area (Å²) < 4.78 is 5.38. The fraction of sp³-hybridized carbons (Fsp3) is 0.300. The molecule has 0 saturated heterocycles. The first-order valence-electron chi connectivity index (χ1n) is 4.38. The minimum atomic E-state index is 0.401. The van der Waals surface area contributed by atoms with E-state index in [1.165, 1.54) is 5.56 Å². The van der Waals surface area contributed by atoms with E-state index in [0.29, 0.717) is 12.4 Å². The van der Waals surface area contributed by atoms with Crippen molar-refractivity contribution in [3.05, 3.63) is 23.8 Å². The Hall–Kier alpha value is -1.51. The summed E-state index contributed by atoms with van der Waals surface area (Å²) in [4.78, 5) is 4.22. The smallest absolute Gasteiger partial charge is 0.145 e. The number of fused-ring (bicyclic) bond motifs is 1. The quantitative estimate of drug-likeness (QED) is 0.707. The lowest BCUT2D eigenvalue weighted by Crippen LogP contribution is -2.23. The van der Waals surface area contributed by atoms with E-state index in [1.54, 1.807) is 0 Å². The molecule has 0 radical (unpaired) electrons. The van der Waals surface area contributed by atoms with E-state index in [1.807, 2.05) is 12.1 Å². The molecule has 2 N–H and O–H groups in total.